The molecule has 222 valence electrons. The van der Waals surface area contributed by atoms with E-state index >= 15 is 0 Å². The summed E-state index contributed by atoms with van der Waals surface area (Å²) in [6.07, 6.45) is 6.06. The average Bonchev–Trinajstić information content (AvgIpc) is 3.64. The van der Waals surface area contributed by atoms with Gasteiger partial charge in [0.25, 0.3) is 10.0 Å². The zero-order valence-electron chi connectivity index (χ0n) is 25.0. The van der Waals surface area contributed by atoms with Crippen LogP contribution in [0.25, 0.3) is 39.0 Å². The summed E-state index contributed by atoms with van der Waals surface area (Å²) >= 11 is 0. The lowest BCUT2D eigenvalue weighted by atomic mass is 9.93. The first-order valence-electron chi connectivity index (χ1n) is 14.4. The van der Waals surface area contributed by atoms with E-state index in [-0.39, 0.29) is 4.90 Å². The van der Waals surface area contributed by atoms with Gasteiger partial charge in [0, 0.05) is 47.6 Å². The first-order chi connectivity index (χ1) is 21.2. The molecular weight excluding hydrogens is 572 g/mol. The van der Waals surface area contributed by atoms with Gasteiger partial charge in [-0.1, -0.05) is 41.1 Å². The van der Waals surface area contributed by atoms with E-state index in [1.165, 1.54) is 15.1 Å². The Morgan fingerprint density at radius 1 is 0.886 bits per heavy atom. The summed E-state index contributed by atoms with van der Waals surface area (Å²) in [7, 11) is -0.0989. The Hall–Kier alpha value is -4.80. The Kier molecular flexibility index (Phi) is 6.83. The van der Waals surface area contributed by atoms with Crippen LogP contribution in [-0.4, -0.2) is 58.0 Å². The monoisotopic (exact) mass is 604 g/mol. The van der Waals surface area contributed by atoms with Crippen LogP contribution in [0, 0.1) is 13.8 Å². The van der Waals surface area contributed by atoms with Crippen LogP contribution in [0.1, 0.15) is 22.4 Å². The predicted octanol–water partition coefficient (Wildman–Crippen LogP) is 5.80. The lowest BCUT2D eigenvalue weighted by Gasteiger charge is -2.27. The molecule has 0 saturated heterocycles. The minimum absolute atomic E-state index is 0.207. The molecule has 0 bridgehead atoms. The van der Waals surface area contributed by atoms with E-state index in [0.717, 1.165) is 69.8 Å². The minimum atomic E-state index is -3.92. The molecule has 0 atom stereocenters. The van der Waals surface area contributed by atoms with Crippen molar-refractivity contribution in [3.8, 4) is 33.7 Å². The summed E-state index contributed by atoms with van der Waals surface area (Å²) in [6, 6.07) is 21.0. The highest BCUT2D eigenvalue weighted by Gasteiger charge is 2.24. The van der Waals surface area contributed by atoms with Crippen molar-refractivity contribution in [2.75, 3.05) is 20.7 Å². The van der Waals surface area contributed by atoms with E-state index in [1.807, 2.05) is 44.2 Å². The van der Waals surface area contributed by atoms with Gasteiger partial charge in [0.05, 0.1) is 29.6 Å². The normalized spacial score (nSPS) is 13.7. The molecule has 0 radical (unpaired) electrons. The number of nitrogens with zero attached hydrogens (tertiary/aromatic N) is 6. The molecular formula is C34H32N6O3S. The topological polar surface area (TPSA) is 95.1 Å². The molecule has 3 aromatic heterocycles. The summed E-state index contributed by atoms with van der Waals surface area (Å²) in [5.74, 6) is 0.850. The lowest BCUT2D eigenvalue weighted by molar-refractivity contribution is 0.302. The fourth-order valence-corrected chi connectivity index (χ4v) is 7.24. The first kappa shape index (κ1) is 28.0. The zero-order valence-corrected chi connectivity index (χ0v) is 25.8. The van der Waals surface area contributed by atoms with Crippen LogP contribution in [0.15, 0.2) is 90.2 Å². The number of fused-ring (bicyclic) bond motifs is 2. The molecule has 0 saturated carbocycles. The van der Waals surface area contributed by atoms with Crippen molar-refractivity contribution in [1.82, 2.24) is 28.9 Å². The Bertz CT molecular complexity index is 2110. The SMILES string of the molecule is COc1cc(-c2cnc3c(c2)c(-c2ccc(-n4nncc4C)cc2)cn3S(=O)(=O)c2ccc(C)cc2)cc2c1CN(C)CC2. The number of methoxy groups -OCH3 is 1. The summed E-state index contributed by atoms with van der Waals surface area (Å²) < 4.78 is 36.8. The van der Waals surface area contributed by atoms with E-state index in [0.29, 0.717) is 5.65 Å². The van der Waals surface area contributed by atoms with Crippen molar-refractivity contribution in [1.29, 1.82) is 0 Å². The molecule has 6 aromatic rings. The van der Waals surface area contributed by atoms with Gasteiger partial charge in [0.2, 0.25) is 0 Å². The molecule has 0 N–H and O–H groups in total. The number of aromatic nitrogens is 5. The van der Waals surface area contributed by atoms with Crippen LogP contribution in [0.4, 0.5) is 0 Å². The molecule has 1 aliphatic rings. The number of ether oxygens (including phenoxy) is 1. The molecule has 0 amide bonds. The number of pyridine rings is 1. The third kappa shape index (κ3) is 4.76. The second-order valence-electron chi connectivity index (χ2n) is 11.4. The van der Waals surface area contributed by atoms with E-state index in [2.05, 4.69) is 34.4 Å². The highest BCUT2D eigenvalue weighted by molar-refractivity contribution is 7.90. The van der Waals surface area contributed by atoms with Crippen molar-refractivity contribution >= 4 is 21.1 Å². The second-order valence-corrected chi connectivity index (χ2v) is 13.2. The van der Waals surface area contributed by atoms with Gasteiger partial charge in [0.1, 0.15) is 5.75 Å². The summed E-state index contributed by atoms with van der Waals surface area (Å²) in [5, 5.41) is 8.89. The minimum Gasteiger partial charge on any atom is -0.496 e. The van der Waals surface area contributed by atoms with Gasteiger partial charge in [-0.15, -0.1) is 5.10 Å². The Labute approximate surface area is 256 Å². The zero-order chi connectivity index (χ0) is 30.6. The van der Waals surface area contributed by atoms with E-state index in [1.54, 1.807) is 54.6 Å². The first-order valence-corrected chi connectivity index (χ1v) is 15.9. The third-order valence-electron chi connectivity index (χ3n) is 8.38. The van der Waals surface area contributed by atoms with Crippen molar-refractivity contribution in [2.24, 2.45) is 0 Å². The lowest BCUT2D eigenvalue weighted by Crippen LogP contribution is -2.27. The van der Waals surface area contributed by atoms with Gasteiger partial charge < -0.3 is 9.64 Å². The van der Waals surface area contributed by atoms with Gasteiger partial charge in [-0.3, -0.25) is 0 Å². The van der Waals surface area contributed by atoms with Gasteiger partial charge in [-0.25, -0.2) is 22.1 Å². The third-order valence-corrected chi connectivity index (χ3v) is 10.0. The number of hydrogen-bond donors (Lipinski definition) is 0. The van der Waals surface area contributed by atoms with Gasteiger partial charge >= 0.3 is 0 Å². The molecule has 9 nitrogen and oxygen atoms in total. The van der Waals surface area contributed by atoms with Gasteiger partial charge in [-0.05, 0) is 80.4 Å². The second kappa shape index (κ2) is 10.7. The van der Waals surface area contributed by atoms with Crippen LogP contribution >= 0.6 is 0 Å². The van der Waals surface area contributed by atoms with Crippen molar-refractivity contribution < 1.29 is 13.2 Å². The van der Waals surface area contributed by atoms with E-state index in [4.69, 9.17) is 9.72 Å². The maximum absolute atomic E-state index is 14.0. The number of likely N-dealkylation sites (N-methyl/N-ethyl adjacent to an activating group) is 1. The predicted molar refractivity (Wildman–Crippen MR) is 171 cm³/mol. The smallest absolute Gasteiger partial charge is 0.269 e. The molecule has 0 spiro atoms. The van der Waals surface area contributed by atoms with Gasteiger partial charge in [-0.2, -0.15) is 0 Å². The van der Waals surface area contributed by atoms with Crippen LogP contribution in [0.3, 0.4) is 0 Å². The fourth-order valence-electron chi connectivity index (χ4n) is 5.91. The molecule has 4 heterocycles. The van der Waals surface area contributed by atoms with Crippen LogP contribution in [-0.2, 0) is 23.0 Å². The van der Waals surface area contributed by atoms with Crippen LogP contribution in [0.2, 0.25) is 0 Å². The maximum Gasteiger partial charge on any atom is 0.269 e. The standard InChI is InChI=1S/C34H32N6O3S/c1-22-5-11-29(12-6-22)44(41,42)39-21-31(24-7-9-28(10-8-24)40-23(2)18-36-37-40)30-16-27(19-35-34(30)39)26-15-25-13-14-38(3)20-32(25)33(17-26)43-4/h5-12,15-19,21H,13-14,20H2,1-4H3. The molecule has 1 aliphatic heterocycles. The molecule has 7 rings (SSSR count). The quantitative estimate of drug-likeness (QED) is 0.237. The highest BCUT2D eigenvalue weighted by atomic mass is 32.2. The fraction of sp³-hybridized carbons (Fsp3) is 0.206. The summed E-state index contributed by atoms with van der Waals surface area (Å²) in [6.45, 7) is 5.69. The number of hydrogen-bond acceptors (Lipinski definition) is 7. The Morgan fingerprint density at radius 2 is 1.66 bits per heavy atom. The number of benzene rings is 3. The summed E-state index contributed by atoms with van der Waals surface area (Å²) in [4.78, 5) is 7.27. The van der Waals surface area contributed by atoms with Crippen LogP contribution < -0.4 is 4.74 Å². The van der Waals surface area contributed by atoms with Crippen molar-refractivity contribution in [3.63, 3.8) is 0 Å². The molecule has 0 fully saturated rings. The Balaban J connectivity index is 1.40. The van der Waals surface area contributed by atoms with Gasteiger partial charge in [0.15, 0.2) is 5.65 Å². The van der Waals surface area contributed by atoms with Crippen molar-refractivity contribution in [2.45, 2.75) is 31.7 Å². The van der Waals surface area contributed by atoms with E-state index in [9.17, 15) is 8.42 Å². The van der Waals surface area contributed by atoms with Crippen LogP contribution in [0.5, 0.6) is 5.75 Å². The Morgan fingerprint density at radius 3 is 2.36 bits per heavy atom. The summed E-state index contributed by atoms with van der Waals surface area (Å²) in [5.41, 5.74) is 9.10. The largest absolute Gasteiger partial charge is 0.496 e. The highest BCUT2D eigenvalue weighted by Crippen LogP contribution is 2.38. The molecule has 0 unspecified atom stereocenters. The van der Waals surface area contributed by atoms with Crippen molar-refractivity contribution in [3.05, 3.63) is 108 Å². The molecule has 0 aliphatic carbocycles. The molecule has 3 aromatic carbocycles. The van der Waals surface area contributed by atoms with E-state index < -0.39 is 10.0 Å². The molecule has 44 heavy (non-hydrogen) atoms. The molecule has 10 heteroatoms. The maximum atomic E-state index is 14.0. The number of aryl methyl sites for hydroxylation is 2. The number of rotatable bonds is 6. The average molecular weight is 605 g/mol.